The van der Waals surface area contributed by atoms with Crippen LogP contribution >= 0.6 is 0 Å². The average Bonchev–Trinajstić information content (AvgIpc) is 2.63. The summed E-state index contributed by atoms with van der Waals surface area (Å²) in [6, 6.07) is 0. The molecule has 13 heavy (non-hydrogen) atoms. The molecule has 0 aliphatic carbocycles. The van der Waals surface area contributed by atoms with Gasteiger partial charge in [-0.1, -0.05) is 5.21 Å². The summed E-state index contributed by atoms with van der Waals surface area (Å²) in [5.74, 6) is 0. The van der Waals surface area contributed by atoms with Gasteiger partial charge in [-0.3, -0.25) is 9.07 Å². The van der Waals surface area contributed by atoms with Crippen molar-refractivity contribution >= 4 is 0 Å². The van der Waals surface area contributed by atoms with Crippen LogP contribution in [0.2, 0.25) is 0 Å². The molecule has 0 aliphatic heterocycles. The highest BCUT2D eigenvalue weighted by atomic mass is 19.1. The third-order valence-corrected chi connectivity index (χ3v) is 1.70. The molecule has 1 heterocycles. The summed E-state index contributed by atoms with van der Waals surface area (Å²) in [5.41, 5.74) is 0. The Balaban J connectivity index is 1.90. The SMILES string of the molecule is FCCCNCCCn1ccnn1. The predicted octanol–water partition coefficient (Wildman–Crippen LogP) is 0.617. The Morgan fingerprint density at radius 2 is 2.15 bits per heavy atom. The monoisotopic (exact) mass is 186 g/mol. The molecule has 0 spiro atoms. The fraction of sp³-hybridized carbons (Fsp3) is 0.750. The van der Waals surface area contributed by atoms with E-state index in [1.807, 2.05) is 6.20 Å². The van der Waals surface area contributed by atoms with Crippen LogP contribution in [0.3, 0.4) is 0 Å². The lowest BCUT2D eigenvalue weighted by Crippen LogP contribution is -2.18. The first-order valence-corrected chi connectivity index (χ1v) is 4.54. The Labute approximate surface area is 77.1 Å². The van der Waals surface area contributed by atoms with Crippen molar-refractivity contribution in [2.75, 3.05) is 19.8 Å². The molecular weight excluding hydrogens is 171 g/mol. The van der Waals surface area contributed by atoms with Gasteiger partial charge in [0, 0.05) is 12.7 Å². The van der Waals surface area contributed by atoms with Gasteiger partial charge in [0.2, 0.25) is 0 Å². The van der Waals surface area contributed by atoms with E-state index in [1.54, 1.807) is 10.9 Å². The van der Waals surface area contributed by atoms with Crippen molar-refractivity contribution in [3.05, 3.63) is 12.4 Å². The van der Waals surface area contributed by atoms with E-state index in [0.29, 0.717) is 6.42 Å². The summed E-state index contributed by atoms with van der Waals surface area (Å²) in [7, 11) is 0. The topological polar surface area (TPSA) is 42.7 Å². The maximum Gasteiger partial charge on any atom is 0.0906 e. The van der Waals surface area contributed by atoms with Gasteiger partial charge in [0.1, 0.15) is 0 Å². The van der Waals surface area contributed by atoms with Crippen molar-refractivity contribution in [1.29, 1.82) is 0 Å². The molecule has 0 amide bonds. The van der Waals surface area contributed by atoms with Crippen molar-refractivity contribution in [3.63, 3.8) is 0 Å². The average molecular weight is 186 g/mol. The van der Waals surface area contributed by atoms with E-state index in [9.17, 15) is 4.39 Å². The number of alkyl halides is 1. The van der Waals surface area contributed by atoms with Crippen molar-refractivity contribution in [3.8, 4) is 0 Å². The summed E-state index contributed by atoms with van der Waals surface area (Å²) < 4.78 is 13.5. The second-order valence-corrected chi connectivity index (χ2v) is 2.81. The lowest BCUT2D eigenvalue weighted by atomic mass is 10.4. The minimum absolute atomic E-state index is 0.240. The third-order valence-electron chi connectivity index (χ3n) is 1.70. The molecule has 0 aromatic carbocycles. The molecule has 0 aliphatic rings. The number of nitrogens with zero attached hydrogens (tertiary/aromatic N) is 3. The molecule has 0 fully saturated rings. The second kappa shape index (κ2) is 6.54. The van der Waals surface area contributed by atoms with Crippen LogP contribution in [0.4, 0.5) is 4.39 Å². The number of hydrogen-bond donors (Lipinski definition) is 1. The smallest absolute Gasteiger partial charge is 0.0906 e. The molecule has 0 saturated carbocycles. The van der Waals surface area contributed by atoms with E-state index in [4.69, 9.17) is 0 Å². The predicted molar refractivity (Wildman–Crippen MR) is 48.1 cm³/mol. The molecule has 0 saturated heterocycles. The van der Waals surface area contributed by atoms with Gasteiger partial charge in [-0.15, -0.1) is 5.10 Å². The van der Waals surface area contributed by atoms with Gasteiger partial charge in [-0.2, -0.15) is 0 Å². The van der Waals surface area contributed by atoms with Crippen LogP contribution in [0.25, 0.3) is 0 Å². The van der Waals surface area contributed by atoms with Crippen LogP contribution in [0.5, 0.6) is 0 Å². The van der Waals surface area contributed by atoms with Gasteiger partial charge in [0.15, 0.2) is 0 Å². The molecule has 74 valence electrons. The lowest BCUT2D eigenvalue weighted by Gasteiger charge is -2.02. The first kappa shape index (κ1) is 10.1. The Kier molecular flexibility index (Phi) is 5.08. The Morgan fingerprint density at radius 3 is 2.85 bits per heavy atom. The third kappa shape index (κ3) is 4.57. The van der Waals surface area contributed by atoms with Crippen molar-refractivity contribution in [2.24, 2.45) is 0 Å². The molecule has 4 nitrogen and oxygen atoms in total. The van der Waals surface area contributed by atoms with Gasteiger partial charge in [-0.25, -0.2) is 0 Å². The number of aromatic nitrogens is 3. The van der Waals surface area contributed by atoms with Crippen LogP contribution in [0, 0.1) is 0 Å². The minimum atomic E-state index is -0.240. The van der Waals surface area contributed by atoms with E-state index in [2.05, 4.69) is 15.6 Å². The number of rotatable bonds is 7. The van der Waals surface area contributed by atoms with Crippen LogP contribution < -0.4 is 5.32 Å². The number of aryl methyl sites for hydroxylation is 1. The van der Waals surface area contributed by atoms with Crippen molar-refractivity contribution in [1.82, 2.24) is 20.3 Å². The van der Waals surface area contributed by atoms with E-state index in [0.717, 1.165) is 26.1 Å². The van der Waals surface area contributed by atoms with Gasteiger partial charge in [0.25, 0.3) is 0 Å². The molecule has 1 aromatic rings. The standard InChI is InChI=1S/C8H15FN4/c9-3-1-4-10-5-2-7-13-8-6-11-12-13/h6,8,10H,1-5,7H2. The molecule has 0 unspecified atom stereocenters. The molecule has 1 rings (SSSR count). The van der Waals surface area contributed by atoms with E-state index in [-0.39, 0.29) is 6.67 Å². The summed E-state index contributed by atoms with van der Waals surface area (Å²) in [4.78, 5) is 0. The second-order valence-electron chi connectivity index (χ2n) is 2.81. The normalized spacial score (nSPS) is 10.5. The minimum Gasteiger partial charge on any atom is -0.317 e. The molecule has 1 N–H and O–H groups in total. The Morgan fingerprint density at radius 1 is 1.31 bits per heavy atom. The fourth-order valence-electron chi connectivity index (χ4n) is 1.03. The Hall–Kier alpha value is -0.970. The molecule has 1 aromatic heterocycles. The Bertz CT molecular complexity index is 200. The van der Waals surface area contributed by atoms with Crippen LogP contribution in [0.15, 0.2) is 12.4 Å². The zero-order chi connectivity index (χ0) is 9.36. The number of nitrogens with one attached hydrogen (secondary N) is 1. The van der Waals surface area contributed by atoms with Gasteiger partial charge >= 0.3 is 0 Å². The van der Waals surface area contributed by atoms with Gasteiger partial charge in [-0.05, 0) is 25.9 Å². The zero-order valence-electron chi connectivity index (χ0n) is 7.62. The van der Waals surface area contributed by atoms with Crippen molar-refractivity contribution < 1.29 is 4.39 Å². The van der Waals surface area contributed by atoms with E-state index < -0.39 is 0 Å². The first-order valence-electron chi connectivity index (χ1n) is 4.54. The fourth-order valence-corrected chi connectivity index (χ4v) is 1.03. The van der Waals surface area contributed by atoms with Crippen LogP contribution in [-0.4, -0.2) is 34.8 Å². The molecule has 0 bridgehead atoms. The van der Waals surface area contributed by atoms with E-state index >= 15 is 0 Å². The van der Waals surface area contributed by atoms with Crippen LogP contribution in [-0.2, 0) is 6.54 Å². The molecule has 5 heteroatoms. The highest BCUT2D eigenvalue weighted by Crippen LogP contribution is 1.86. The van der Waals surface area contributed by atoms with Crippen LogP contribution in [0.1, 0.15) is 12.8 Å². The number of hydrogen-bond acceptors (Lipinski definition) is 3. The summed E-state index contributed by atoms with van der Waals surface area (Å²) >= 11 is 0. The van der Waals surface area contributed by atoms with Gasteiger partial charge in [0.05, 0.1) is 12.9 Å². The summed E-state index contributed by atoms with van der Waals surface area (Å²) in [5, 5.41) is 10.7. The summed E-state index contributed by atoms with van der Waals surface area (Å²) in [6.07, 6.45) is 5.09. The van der Waals surface area contributed by atoms with Gasteiger partial charge < -0.3 is 5.32 Å². The highest BCUT2D eigenvalue weighted by molar-refractivity contribution is 4.63. The maximum atomic E-state index is 11.7. The molecule has 0 atom stereocenters. The first-order chi connectivity index (χ1) is 6.43. The highest BCUT2D eigenvalue weighted by Gasteiger charge is 1.91. The quantitative estimate of drug-likeness (QED) is 0.635. The maximum absolute atomic E-state index is 11.7. The van der Waals surface area contributed by atoms with E-state index in [1.165, 1.54) is 0 Å². The summed E-state index contributed by atoms with van der Waals surface area (Å²) in [6.45, 7) is 2.28. The largest absolute Gasteiger partial charge is 0.317 e. The number of halogens is 1. The lowest BCUT2D eigenvalue weighted by molar-refractivity contribution is 0.453. The zero-order valence-corrected chi connectivity index (χ0v) is 7.62. The molecular formula is C8H15FN4. The van der Waals surface area contributed by atoms with Crippen molar-refractivity contribution in [2.45, 2.75) is 19.4 Å². The molecule has 0 radical (unpaired) electrons.